The maximum Gasteiger partial charge on any atom is 0.273 e. The maximum absolute atomic E-state index is 12.7. The Kier molecular flexibility index (Phi) is 5.25. The molecule has 11 heteroatoms. The number of benzene rings is 1. The van der Waals surface area contributed by atoms with Crippen LogP contribution < -0.4 is 20.7 Å². The van der Waals surface area contributed by atoms with Crippen LogP contribution in [0.1, 0.15) is 27.4 Å². The predicted octanol–water partition coefficient (Wildman–Crippen LogP) is 2.38. The quantitative estimate of drug-likeness (QED) is 0.422. The molecule has 0 saturated heterocycles. The summed E-state index contributed by atoms with van der Waals surface area (Å²) < 4.78 is 29.3. The molecule has 1 fully saturated rings. The van der Waals surface area contributed by atoms with Gasteiger partial charge in [0, 0.05) is 23.1 Å². The van der Waals surface area contributed by atoms with E-state index in [1.54, 1.807) is 35.3 Å². The van der Waals surface area contributed by atoms with Crippen molar-refractivity contribution >= 4 is 29.0 Å². The van der Waals surface area contributed by atoms with Crippen LogP contribution in [0.2, 0.25) is 0 Å². The van der Waals surface area contributed by atoms with Gasteiger partial charge in [-0.15, -0.1) is 16.8 Å². The number of nitrogens with one attached hydrogen (secondary N) is 3. The highest BCUT2D eigenvalue weighted by molar-refractivity contribution is 6.00. The van der Waals surface area contributed by atoms with Gasteiger partial charge in [0.1, 0.15) is 6.33 Å². The average molecular weight is 452 g/mol. The first-order valence-electron chi connectivity index (χ1n) is 11.6. The SMILES string of the molecule is [2H]C([2H])([2H])NC(=O)c1nnc(NC(=O)C2CC2)cc1Nc1cccc(-c2ncn(CC=C)n2)c1OC. The third-order valence-corrected chi connectivity index (χ3v) is 4.90. The Labute approximate surface area is 194 Å². The van der Waals surface area contributed by atoms with Crippen molar-refractivity contribution in [3.63, 3.8) is 0 Å². The molecule has 2 amide bonds. The molecule has 4 rings (SSSR count). The first-order valence-corrected chi connectivity index (χ1v) is 10.1. The van der Waals surface area contributed by atoms with E-state index in [0.717, 1.165) is 12.8 Å². The number of carbonyl (C=O) groups is 2. The number of hydrogen-bond acceptors (Lipinski definition) is 8. The van der Waals surface area contributed by atoms with Gasteiger partial charge >= 0.3 is 0 Å². The Morgan fingerprint density at radius 1 is 1.33 bits per heavy atom. The summed E-state index contributed by atoms with van der Waals surface area (Å²) in [4.78, 5) is 29.2. The van der Waals surface area contributed by atoms with Gasteiger partial charge in [-0.1, -0.05) is 12.1 Å². The van der Waals surface area contributed by atoms with Gasteiger partial charge in [-0.2, -0.15) is 5.10 Å². The number of para-hydroxylation sites is 1. The van der Waals surface area contributed by atoms with Crippen LogP contribution in [0, 0.1) is 5.92 Å². The Hall–Kier alpha value is -4.28. The van der Waals surface area contributed by atoms with Gasteiger partial charge in [0.05, 0.1) is 30.6 Å². The zero-order chi connectivity index (χ0) is 25.9. The number of carbonyl (C=O) groups excluding carboxylic acids is 2. The van der Waals surface area contributed by atoms with Crippen molar-refractivity contribution < 1.29 is 18.4 Å². The fraction of sp³-hybridized carbons (Fsp3) is 0.273. The summed E-state index contributed by atoms with van der Waals surface area (Å²) in [6.45, 7) is 1.43. The molecule has 0 radical (unpaired) electrons. The molecular formula is C22H24N8O3. The molecule has 2 aromatic heterocycles. The number of nitrogens with zero attached hydrogens (tertiary/aromatic N) is 5. The highest BCUT2D eigenvalue weighted by atomic mass is 16.5. The van der Waals surface area contributed by atoms with E-state index in [0.29, 0.717) is 29.4 Å². The monoisotopic (exact) mass is 451 g/mol. The topological polar surface area (TPSA) is 136 Å². The second-order valence-electron chi connectivity index (χ2n) is 7.30. The molecular weight excluding hydrogens is 424 g/mol. The van der Waals surface area contributed by atoms with Crippen molar-refractivity contribution in [1.29, 1.82) is 0 Å². The number of allylic oxidation sites excluding steroid dienone is 1. The number of methoxy groups -OCH3 is 1. The summed E-state index contributed by atoms with van der Waals surface area (Å²) >= 11 is 0. The number of anilines is 3. The lowest BCUT2D eigenvalue weighted by Crippen LogP contribution is -2.22. The largest absolute Gasteiger partial charge is 0.494 e. The lowest BCUT2D eigenvalue weighted by molar-refractivity contribution is -0.117. The molecule has 33 heavy (non-hydrogen) atoms. The van der Waals surface area contributed by atoms with Gasteiger partial charge in [0.2, 0.25) is 5.91 Å². The number of amides is 2. The van der Waals surface area contributed by atoms with E-state index in [1.807, 2.05) is 5.32 Å². The first kappa shape index (κ1) is 18.3. The molecule has 1 aliphatic carbocycles. The molecule has 1 aliphatic rings. The second kappa shape index (κ2) is 9.47. The van der Waals surface area contributed by atoms with Crippen molar-refractivity contribution in [2.45, 2.75) is 19.4 Å². The smallest absolute Gasteiger partial charge is 0.273 e. The van der Waals surface area contributed by atoms with Gasteiger partial charge in [-0.3, -0.25) is 9.59 Å². The summed E-state index contributed by atoms with van der Waals surface area (Å²) in [5, 5.41) is 19.8. The van der Waals surface area contributed by atoms with E-state index in [-0.39, 0.29) is 29.0 Å². The van der Waals surface area contributed by atoms with Crippen molar-refractivity contribution in [2.75, 3.05) is 24.7 Å². The van der Waals surface area contributed by atoms with Gasteiger partial charge in [-0.25, -0.2) is 9.67 Å². The molecule has 3 aromatic rings. The fourth-order valence-corrected chi connectivity index (χ4v) is 3.16. The number of rotatable bonds is 9. The minimum Gasteiger partial charge on any atom is -0.494 e. The molecule has 0 unspecified atom stereocenters. The molecule has 0 aliphatic heterocycles. The highest BCUT2D eigenvalue weighted by Gasteiger charge is 2.30. The van der Waals surface area contributed by atoms with Crippen LogP contribution in [-0.2, 0) is 11.3 Å². The van der Waals surface area contributed by atoms with E-state index >= 15 is 0 Å². The van der Waals surface area contributed by atoms with Crippen LogP contribution in [0.5, 0.6) is 5.75 Å². The molecule has 0 bridgehead atoms. The molecule has 2 heterocycles. The zero-order valence-corrected chi connectivity index (χ0v) is 17.8. The Morgan fingerprint density at radius 3 is 2.91 bits per heavy atom. The minimum absolute atomic E-state index is 0.0769. The molecule has 11 nitrogen and oxygen atoms in total. The molecule has 0 spiro atoms. The number of ether oxygens (including phenoxy) is 1. The fourth-order valence-electron chi connectivity index (χ4n) is 3.16. The summed E-state index contributed by atoms with van der Waals surface area (Å²) in [7, 11) is 1.47. The minimum atomic E-state index is -2.73. The number of aromatic nitrogens is 5. The van der Waals surface area contributed by atoms with E-state index < -0.39 is 12.9 Å². The van der Waals surface area contributed by atoms with E-state index in [2.05, 4.69) is 37.5 Å². The third kappa shape index (κ3) is 4.81. The normalized spacial score (nSPS) is 14.4. The lowest BCUT2D eigenvalue weighted by Gasteiger charge is -2.16. The van der Waals surface area contributed by atoms with Crippen molar-refractivity contribution in [2.24, 2.45) is 5.92 Å². The standard InChI is InChI=1S/C22H24N8O3/c1-4-10-30-12-24-20(29-30)14-6-5-7-15(19(14)33-3)25-16-11-17(26-21(31)13-8-9-13)27-28-18(16)22(32)23-2/h4-7,11-13H,1,8-10H2,2-3H3,(H,23,32)(H2,25,26,27,31)/i2D3. The lowest BCUT2D eigenvalue weighted by atomic mass is 10.1. The predicted molar refractivity (Wildman–Crippen MR) is 122 cm³/mol. The summed E-state index contributed by atoms with van der Waals surface area (Å²) in [5.74, 6) is -0.355. The Balaban J connectivity index is 1.71. The number of hydrogen-bond donors (Lipinski definition) is 3. The summed E-state index contributed by atoms with van der Waals surface area (Å²) in [5.41, 5.74) is 0.823. The summed E-state index contributed by atoms with van der Waals surface area (Å²) in [6, 6.07) is 6.61. The van der Waals surface area contributed by atoms with Crippen LogP contribution in [0.4, 0.5) is 17.2 Å². The highest BCUT2D eigenvalue weighted by Crippen LogP contribution is 2.37. The van der Waals surface area contributed by atoms with Gasteiger partial charge in [-0.05, 0) is 25.0 Å². The summed E-state index contributed by atoms with van der Waals surface area (Å²) in [6.07, 6.45) is 4.85. The zero-order valence-electron chi connectivity index (χ0n) is 20.8. The van der Waals surface area contributed by atoms with Gasteiger partial charge in [0.15, 0.2) is 23.1 Å². The molecule has 1 saturated carbocycles. The van der Waals surface area contributed by atoms with Crippen molar-refractivity contribution in [3.8, 4) is 17.1 Å². The molecule has 3 N–H and O–H groups in total. The molecule has 1 aromatic carbocycles. The average Bonchev–Trinajstić information content (AvgIpc) is 3.57. The Bertz CT molecular complexity index is 1300. The molecule has 0 atom stereocenters. The van der Waals surface area contributed by atoms with E-state index in [9.17, 15) is 9.59 Å². The van der Waals surface area contributed by atoms with Crippen LogP contribution in [-0.4, -0.2) is 50.9 Å². The van der Waals surface area contributed by atoms with Crippen LogP contribution in [0.3, 0.4) is 0 Å². The van der Waals surface area contributed by atoms with E-state index in [4.69, 9.17) is 8.85 Å². The second-order valence-corrected chi connectivity index (χ2v) is 7.30. The van der Waals surface area contributed by atoms with Crippen LogP contribution in [0.15, 0.2) is 43.2 Å². The van der Waals surface area contributed by atoms with Crippen LogP contribution >= 0.6 is 0 Å². The molecule has 170 valence electrons. The van der Waals surface area contributed by atoms with Gasteiger partial charge < -0.3 is 20.7 Å². The van der Waals surface area contributed by atoms with E-state index in [1.165, 1.54) is 13.2 Å². The van der Waals surface area contributed by atoms with Crippen LogP contribution in [0.25, 0.3) is 11.4 Å². The van der Waals surface area contributed by atoms with Crippen molar-refractivity contribution in [3.05, 3.63) is 48.9 Å². The van der Waals surface area contributed by atoms with Gasteiger partial charge in [0.25, 0.3) is 5.91 Å². The Morgan fingerprint density at radius 2 is 2.18 bits per heavy atom. The van der Waals surface area contributed by atoms with Crippen molar-refractivity contribution in [1.82, 2.24) is 30.3 Å². The third-order valence-electron chi connectivity index (χ3n) is 4.90. The maximum atomic E-state index is 12.7. The first-order chi connectivity index (χ1) is 17.2.